The van der Waals surface area contributed by atoms with Gasteiger partial charge >= 0.3 is 0 Å². The lowest BCUT2D eigenvalue weighted by Gasteiger charge is -2.05. The fraction of sp³-hybridized carbons (Fsp3) is 0.118. The molecule has 0 aliphatic carbocycles. The van der Waals surface area contributed by atoms with Gasteiger partial charge in [-0.25, -0.2) is 0 Å². The molecular weight excluding hydrogens is 278 g/mol. The Hall–Kier alpha value is -2.95. The fourth-order valence-corrected chi connectivity index (χ4v) is 1.79. The molecule has 0 spiro atoms. The standard InChI is InChI=1S/C17H17N3O2/c1-12-7-6-10-15(11-12)19-20-16(13(2)21)17(22)18-14-8-4-3-5-9-14/h3-11,21H,1-2H3,(H,18,22)/b16-13-,20-19?. The number of aryl methyl sites for hydroxylation is 1. The van der Waals surface area contributed by atoms with E-state index >= 15 is 0 Å². The van der Waals surface area contributed by atoms with E-state index in [2.05, 4.69) is 15.5 Å². The number of nitrogens with zero attached hydrogens (tertiary/aromatic N) is 2. The molecule has 2 aromatic rings. The minimum atomic E-state index is -0.511. The Morgan fingerprint density at radius 1 is 1.09 bits per heavy atom. The summed E-state index contributed by atoms with van der Waals surface area (Å²) in [5.74, 6) is -0.701. The zero-order chi connectivity index (χ0) is 15.9. The van der Waals surface area contributed by atoms with Crippen molar-refractivity contribution in [2.24, 2.45) is 10.2 Å². The molecule has 2 N–H and O–H groups in total. The van der Waals surface area contributed by atoms with Crippen LogP contribution in [0.15, 0.2) is 76.3 Å². The quantitative estimate of drug-likeness (QED) is 0.495. The minimum absolute atomic E-state index is 0.120. The summed E-state index contributed by atoms with van der Waals surface area (Å²) in [6.45, 7) is 3.34. The van der Waals surface area contributed by atoms with E-state index in [0.717, 1.165) is 5.56 Å². The predicted molar refractivity (Wildman–Crippen MR) is 86.1 cm³/mol. The van der Waals surface area contributed by atoms with Crippen LogP contribution in [0.2, 0.25) is 0 Å². The number of anilines is 1. The number of carbonyl (C=O) groups excluding carboxylic acids is 1. The second kappa shape index (κ2) is 7.17. The molecule has 22 heavy (non-hydrogen) atoms. The molecule has 0 heterocycles. The molecular formula is C17H17N3O2. The molecule has 0 unspecified atom stereocenters. The molecule has 0 atom stereocenters. The number of amides is 1. The Labute approximate surface area is 129 Å². The third-order valence-electron chi connectivity index (χ3n) is 2.86. The summed E-state index contributed by atoms with van der Waals surface area (Å²) >= 11 is 0. The first-order valence-electron chi connectivity index (χ1n) is 6.81. The van der Waals surface area contributed by atoms with Gasteiger partial charge in [0.2, 0.25) is 0 Å². The van der Waals surface area contributed by atoms with E-state index in [4.69, 9.17) is 0 Å². The molecule has 2 aromatic carbocycles. The number of benzene rings is 2. The van der Waals surface area contributed by atoms with Crippen molar-refractivity contribution in [3.8, 4) is 0 Å². The Morgan fingerprint density at radius 3 is 2.45 bits per heavy atom. The zero-order valence-electron chi connectivity index (χ0n) is 12.4. The van der Waals surface area contributed by atoms with Crippen molar-refractivity contribution in [3.05, 3.63) is 71.6 Å². The van der Waals surface area contributed by atoms with E-state index in [0.29, 0.717) is 11.4 Å². The Morgan fingerprint density at radius 2 is 1.82 bits per heavy atom. The van der Waals surface area contributed by atoms with Crippen molar-refractivity contribution in [2.75, 3.05) is 5.32 Å². The van der Waals surface area contributed by atoms with Crippen LogP contribution in [0.3, 0.4) is 0 Å². The molecule has 2 rings (SSSR count). The predicted octanol–water partition coefficient (Wildman–Crippen LogP) is 4.51. The molecule has 112 valence electrons. The lowest BCUT2D eigenvalue weighted by atomic mass is 10.2. The first-order valence-corrected chi connectivity index (χ1v) is 6.81. The lowest BCUT2D eigenvalue weighted by molar-refractivity contribution is -0.113. The number of nitrogens with one attached hydrogen (secondary N) is 1. The van der Waals surface area contributed by atoms with E-state index in [-0.39, 0.29) is 11.5 Å². The largest absolute Gasteiger partial charge is 0.510 e. The second-order valence-corrected chi connectivity index (χ2v) is 4.79. The van der Waals surface area contributed by atoms with E-state index in [1.807, 2.05) is 31.2 Å². The third kappa shape index (κ3) is 4.28. The molecule has 0 aliphatic rings. The van der Waals surface area contributed by atoms with Crippen LogP contribution in [0.25, 0.3) is 0 Å². The summed E-state index contributed by atoms with van der Waals surface area (Å²) in [5.41, 5.74) is 2.16. The topological polar surface area (TPSA) is 74.0 Å². The van der Waals surface area contributed by atoms with Crippen molar-refractivity contribution in [1.29, 1.82) is 0 Å². The fourth-order valence-electron chi connectivity index (χ4n) is 1.79. The minimum Gasteiger partial charge on any atom is -0.510 e. The monoisotopic (exact) mass is 295 g/mol. The number of aliphatic hydroxyl groups excluding tert-OH is 1. The van der Waals surface area contributed by atoms with E-state index in [9.17, 15) is 9.90 Å². The van der Waals surface area contributed by atoms with Crippen LogP contribution in [-0.4, -0.2) is 11.0 Å². The maximum atomic E-state index is 12.2. The van der Waals surface area contributed by atoms with Gasteiger partial charge in [-0.3, -0.25) is 4.79 Å². The highest BCUT2D eigenvalue weighted by Crippen LogP contribution is 2.17. The molecule has 0 saturated carbocycles. The number of carbonyl (C=O) groups is 1. The maximum Gasteiger partial charge on any atom is 0.279 e. The average molecular weight is 295 g/mol. The number of aliphatic hydroxyl groups is 1. The van der Waals surface area contributed by atoms with Crippen LogP contribution < -0.4 is 5.32 Å². The van der Waals surface area contributed by atoms with Gasteiger partial charge in [0.05, 0.1) is 5.69 Å². The summed E-state index contributed by atoms with van der Waals surface area (Å²) in [4.78, 5) is 12.2. The Bertz CT molecular complexity index is 718. The maximum absolute atomic E-state index is 12.2. The summed E-state index contributed by atoms with van der Waals surface area (Å²) in [7, 11) is 0. The van der Waals surface area contributed by atoms with Gasteiger partial charge in [-0.15, -0.1) is 5.11 Å². The molecule has 5 nitrogen and oxygen atoms in total. The van der Waals surface area contributed by atoms with Crippen molar-refractivity contribution < 1.29 is 9.90 Å². The zero-order valence-corrected chi connectivity index (χ0v) is 12.4. The molecule has 0 radical (unpaired) electrons. The van der Waals surface area contributed by atoms with Gasteiger partial charge in [0, 0.05) is 5.69 Å². The van der Waals surface area contributed by atoms with Crippen LogP contribution in [0, 0.1) is 6.92 Å². The highest BCUT2D eigenvalue weighted by Gasteiger charge is 2.13. The van der Waals surface area contributed by atoms with E-state index in [1.54, 1.807) is 30.3 Å². The number of para-hydroxylation sites is 1. The van der Waals surface area contributed by atoms with Crippen molar-refractivity contribution in [1.82, 2.24) is 0 Å². The van der Waals surface area contributed by atoms with Gasteiger partial charge in [0.15, 0.2) is 5.70 Å². The first-order chi connectivity index (χ1) is 10.6. The smallest absolute Gasteiger partial charge is 0.279 e. The van der Waals surface area contributed by atoms with Crippen molar-refractivity contribution in [2.45, 2.75) is 13.8 Å². The van der Waals surface area contributed by atoms with Gasteiger partial charge in [-0.05, 0) is 43.7 Å². The van der Waals surface area contributed by atoms with Gasteiger partial charge in [-0.1, -0.05) is 30.3 Å². The number of rotatable bonds is 4. The highest BCUT2D eigenvalue weighted by molar-refractivity contribution is 6.03. The summed E-state index contributed by atoms with van der Waals surface area (Å²) in [6, 6.07) is 16.4. The van der Waals surface area contributed by atoms with Crippen LogP contribution in [0.4, 0.5) is 11.4 Å². The van der Waals surface area contributed by atoms with Gasteiger partial charge < -0.3 is 10.4 Å². The number of azo groups is 1. The molecule has 5 heteroatoms. The van der Waals surface area contributed by atoms with Crippen molar-refractivity contribution in [3.63, 3.8) is 0 Å². The molecule has 0 fully saturated rings. The normalized spacial score (nSPS) is 12.1. The molecule has 0 saturated heterocycles. The second-order valence-electron chi connectivity index (χ2n) is 4.79. The SMILES string of the molecule is C/C(O)=C(/N=Nc1cccc(C)c1)C(=O)Nc1ccccc1. The highest BCUT2D eigenvalue weighted by atomic mass is 16.3. The number of hydrogen-bond acceptors (Lipinski definition) is 4. The van der Waals surface area contributed by atoms with Gasteiger partial charge in [-0.2, -0.15) is 5.11 Å². The average Bonchev–Trinajstić information content (AvgIpc) is 2.48. The summed E-state index contributed by atoms with van der Waals surface area (Å²) in [5, 5.41) is 20.2. The van der Waals surface area contributed by atoms with Crippen LogP contribution in [0.5, 0.6) is 0 Å². The van der Waals surface area contributed by atoms with Crippen LogP contribution in [0.1, 0.15) is 12.5 Å². The molecule has 0 aromatic heterocycles. The number of hydrogen-bond donors (Lipinski definition) is 2. The Kier molecular flexibility index (Phi) is 5.03. The van der Waals surface area contributed by atoms with Gasteiger partial charge in [0.25, 0.3) is 5.91 Å². The van der Waals surface area contributed by atoms with Crippen molar-refractivity contribution >= 4 is 17.3 Å². The van der Waals surface area contributed by atoms with Gasteiger partial charge in [0.1, 0.15) is 5.76 Å². The van der Waals surface area contributed by atoms with Crippen LogP contribution in [-0.2, 0) is 4.79 Å². The summed E-state index contributed by atoms with van der Waals surface area (Å²) in [6.07, 6.45) is 0. The third-order valence-corrected chi connectivity index (χ3v) is 2.86. The summed E-state index contributed by atoms with van der Waals surface area (Å²) < 4.78 is 0. The number of allylic oxidation sites excluding steroid dienone is 1. The van der Waals surface area contributed by atoms with E-state index in [1.165, 1.54) is 6.92 Å². The molecule has 0 bridgehead atoms. The lowest BCUT2D eigenvalue weighted by Crippen LogP contribution is -2.14. The first kappa shape index (κ1) is 15.4. The molecule has 1 amide bonds. The Balaban J connectivity index is 2.17. The van der Waals surface area contributed by atoms with E-state index < -0.39 is 5.91 Å². The van der Waals surface area contributed by atoms with Crippen LogP contribution >= 0.6 is 0 Å². The molecule has 0 aliphatic heterocycles.